The van der Waals surface area contributed by atoms with Crippen molar-refractivity contribution in [2.45, 2.75) is 38.5 Å². The second kappa shape index (κ2) is 7.38. The number of aliphatic hydroxyl groups is 1. The molecule has 2 N–H and O–H groups in total. The minimum absolute atomic E-state index is 0.139. The van der Waals surface area contributed by atoms with Gasteiger partial charge in [-0.05, 0) is 43.7 Å². The first-order chi connectivity index (χ1) is 11.5. The lowest BCUT2D eigenvalue weighted by atomic mass is 10.0. The molecule has 0 amide bonds. The summed E-state index contributed by atoms with van der Waals surface area (Å²) in [5, 5.41) is 14.9. The number of aromatic nitrogens is 1. The molecule has 0 saturated carbocycles. The molecule has 0 saturated heterocycles. The number of rotatable bonds is 6. The molecule has 5 heteroatoms. The summed E-state index contributed by atoms with van der Waals surface area (Å²) in [6, 6.07) is 14.1. The van der Waals surface area contributed by atoms with Crippen molar-refractivity contribution in [1.29, 1.82) is 0 Å². The molecule has 0 aliphatic rings. The summed E-state index contributed by atoms with van der Waals surface area (Å²) in [4.78, 5) is 4.65. The van der Waals surface area contributed by atoms with Gasteiger partial charge in [-0.1, -0.05) is 24.3 Å². The van der Waals surface area contributed by atoms with Crippen molar-refractivity contribution in [3.63, 3.8) is 0 Å². The summed E-state index contributed by atoms with van der Waals surface area (Å²) < 4.78 is 14.2. The van der Waals surface area contributed by atoms with E-state index in [1.807, 2.05) is 25.1 Å². The van der Waals surface area contributed by atoms with E-state index in [9.17, 15) is 9.50 Å². The van der Waals surface area contributed by atoms with Crippen LogP contribution in [0.5, 0.6) is 0 Å². The fourth-order valence-electron chi connectivity index (χ4n) is 2.82. The Labute approximate surface area is 145 Å². The average molecular weight is 344 g/mol. The topological polar surface area (TPSA) is 45.2 Å². The monoisotopic (exact) mass is 344 g/mol. The van der Waals surface area contributed by atoms with Crippen LogP contribution in [0.4, 0.5) is 4.39 Å². The molecule has 0 bridgehead atoms. The number of halogens is 1. The highest BCUT2D eigenvalue weighted by atomic mass is 32.1. The smallest absolute Gasteiger partial charge is 0.123 e. The number of benzene rings is 2. The van der Waals surface area contributed by atoms with E-state index in [-0.39, 0.29) is 17.9 Å². The van der Waals surface area contributed by atoms with Gasteiger partial charge in [-0.15, -0.1) is 11.3 Å². The molecular formula is C19H21FN2OS. The maximum absolute atomic E-state index is 13.0. The first kappa shape index (κ1) is 17.0. The molecule has 3 aromatic rings. The van der Waals surface area contributed by atoms with Gasteiger partial charge in [0, 0.05) is 18.5 Å². The number of aliphatic hydroxyl groups excluding tert-OH is 1. The van der Waals surface area contributed by atoms with Gasteiger partial charge in [-0.25, -0.2) is 9.37 Å². The molecule has 3 unspecified atom stereocenters. The minimum atomic E-state index is -0.677. The van der Waals surface area contributed by atoms with Crippen molar-refractivity contribution >= 4 is 21.6 Å². The minimum Gasteiger partial charge on any atom is -0.387 e. The molecule has 24 heavy (non-hydrogen) atoms. The highest BCUT2D eigenvalue weighted by Gasteiger charge is 2.19. The highest BCUT2D eigenvalue weighted by Crippen LogP contribution is 2.23. The third-order valence-corrected chi connectivity index (χ3v) is 5.11. The molecule has 3 rings (SSSR count). The Kier molecular flexibility index (Phi) is 5.23. The van der Waals surface area contributed by atoms with Gasteiger partial charge in [-0.3, -0.25) is 0 Å². The number of para-hydroxylation sites is 1. The van der Waals surface area contributed by atoms with E-state index in [0.717, 1.165) is 16.9 Å². The number of nitrogens with zero attached hydrogens (tertiary/aromatic N) is 1. The van der Waals surface area contributed by atoms with E-state index in [1.54, 1.807) is 23.5 Å². The molecule has 1 heterocycles. The highest BCUT2D eigenvalue weighted by molar-refractivity contribution is 7.18. The van der Waals surface area contributed by atoms with Crippen molar-refractivity contribution in [2.75, 3.05) is 0 Å². The van der Waals surface area contributed by atoms with Gasteiger partial charge in [0.05, 0.1) is 21.3 Å². The van der Waals surface area contributed by atoms with Crippen molar-refractivity contribution in [3.8, 4) is 0 Å². The molecule has 0 aliphatic carbocycles. The molecule has 3 atom stereocenters. The Hall–Kier alpha value is -1.82. The fourth-order valence-corrected chi connectivity index (χ4v) is 3.91. The summed E-state index contributed by atoms with van der Waals surface area (Å²) in [7, 11) is 0. The molecule has 0 aliphatic heterocycles. The zero-order valence-electron chi connectivity index (χ0n) is 13.7. The van der Waals surface area contributed by atoms with Crippen molar-refractivity contribution in [1.82, 2.24) is 10.3 Å². The average Bonchev–Trinajstić information content (AvgIpc) is 2.96. The second-order valence-corrected chi connectivity index (χ2v) is 7.25. The molecule has 126 valence electrons. The van der Waals surface area contributed by atoms with Gasteiger partial charge in [0.1, 0.15) is 5.82 Å². The van der Waals surface area contributed by atoms with E-state index in [2.05, 4.69) is 23.3 Å². The van der Waals surface area contributed by atoms with Crippen LogP contribution in [0.2, 0.25) is 0 Å². The summed E-state index contributed by atoms with van der Waals surface area (Å²) in [5.41, 5.74) is 1.74. The zero-order chi connectivity index (χ0) is 17.1. The molecule has 0 spiro atoms. The standard InChI is InChI=1S/C19H21FN2OS/c1-12(11-18-22-16-5-3-4-6-17(16)24-18)21-13(2)19(23)14-7-9-15(20)10-8-14/h3-10,12-13,19,21,23H,11H2,1-2H3. The van der Waals surface area contributed by atoms with Gasteiger partial charge in [0.15, 0.2) is 0 Å². The van der Waals surface area contributed by atoms with Crippen molar-refractivity contribution in [2.24, 2.45) is 0 Å². The fraction of sp³-hybridized carbons (Fsp3) is 0.316. The van der Waals surface area contributed by atoms with E-state index in [1.165, 1.54) is 16.8 Å². The molecule has 3 nitrogen and oxygen atoms in total. The number of hydrogen-bond donors (Lipinski definition) is 2. The Balaban J connectivity index is 1.61. The number of nitrogens with one attached hydrogen (secondary N) is 1. The lowest BCUT2D eigenvalue weighted by Crippen LogP contribution is -2.39. The van der Waals surface area contributed by atoms with E-state index >= 15 is 0 Å². The van der Waals surface area contributed by atoms with Crippen LogP contribution in [-0.4, -0.2) is 22.2 Å². The Morgan fingerprint density at radius 2 is 1.83 bits per heavy atom. The van der Waals surface area contributed by atoms with E-state index in [0.29, 0.717) is 5.56 Å². The third-order valence-electron chi connectivity index (χ3n) is 4.05. The molecular weight excluding hydrogens is 323 g/mol. The quantitative estimate of drug-likeness (QED) is 0.708. The normalized spacial score (nSPS) is 15.3. The first-order valence-electron chi connectivity index (χ1n) is 8.07. The maximum atomic E-state index is 13.0. The number of hydrogen-bond acceptors (Lipinski definition) is 4. The van der Waals surface area contributed by atoms with Crippen LogP contribution in [-0.2, 0) is 6.42 Å². The summed E-state index contributed by atoms with van der Waals surface area (Å²) in [5.74, 6) is -0.296. The number of thiazole rings is 1. The van der Waals surface area contributed by atoms with Crippen LogP contribution in [0, 0.1) is 5.82 Å². The summed E-state index contributed by atoms with van der Waals surface area (Å²) in [6.07, 6.45) is 0.128. The van der Waals surface area contributed by atoms with Crippen LogP contribution in [0.1, 0.15) is 30.5 Å². The second-order valence-electron chi connectivity index (χ2n) is 6.13. The third kappa shape index (κ3) is 3.98. The van der Waals surface area contributed by atoms with E-state index in [4.69, 9.17) is 0 Å². The van der Waals surface area contributed by atoms with Gasteiger partial charge in [-0.2, -0.15) is 0 Å². The van der Waals surface area contributed by atoms with Gasteiger partial charge >= 0.3 is 0 Å². The van der Waals surface area contributed by atoms with E-state index < -0.39 is 6.10 Å². The Morgan fingerprint density at radius 3 is 2.54 bits per heavy atom. The van der Waals surface area contributed by atoms with Gasteiger partial charge in [0.25, 0.3) is 0 Å². The van der Waals surface area contributed by atoms with Crippen LogP contribution in [0.25, 0.3) is 10.2 Å². The summed E-state index contributed by atoms with van der Waals surface area (Å²) in [6.45, 7) is 4.02. The van der Waals surface area contributed by atoms with Gasteiger partial charge < -0.3 is 10.4 Å². The number of fused-ring (bicyclic) bond motifs is 1. The molecule has 1 aromatic heterocycles. The van der Waals surface area contributed by atoms with Crippen LogP contribution >= 0.6 is 11.3 Å². The predicted molar refractivity (Wildman–Crippen MR) is 96.7 cm³/mol. The Bertz CT molecular complexity index is 769. The lowest BCUT2D eigenvalue weighted by molar-refractivity contribution is 0.130. The predicted octanol–water partition coefficient (Wildman–Crippen LogP) is 4.08. The zero-order valence-corrected chi connectivity index (χ0v) is 14.6. The molecule has 0 fully saturated rings. The van der Waals surface area contributed by atoms with Crippen LogP contribution in [0.3, 0.4) is 0 Å². The lowest BCUT2D eigenvalue weighted by Gasteiger charge is -2.24. The maximum Gasteiger partial charge on any atom is 0.123 e. The van der Waals surface area contributed by atoms with Crippen LogP contribution in [0.15, 0.2) is 48.5 Å². The largest absolute Gasteiger partial charge is 0.387 e. The first-order valence-corrected chi connectivity index (χ1v) is 8.88. The van der Waals surface area contributed by atoms with Crippen LogP contribution < -0.4 is 5.32 Å². The van der Waals surface area contributed by atoms with Gasteiger partial charge in [0.2, 0.25) is 0 Å². The van der Waals surface area contributed by atoms with Crippen molar-refractivity contribution < 1.29 is 9.50 Å². The summed E-state index contributed by atoms with van der Waals surface area (Å²) >= 11 is 1.70. The SMILES string of the molecule is CC(Cc1nc2ccccc2s1)NC(C)C(O)c1ccc(F)cc1. The van der Waals surface area contributed by atoms with Crippen molar-refractivity contribution in [3.05, 3.63) is 64.9 Å². The molecule has 2 aromatic carbocycles. The Morgan fingerprint density at radius 1 is 1.12 bits per heavy atom. The molecule has 0 radical (unpaired) electrons.